The van der Waals surface area contributed by atoms with Crippen LogP contribution in [0.4, 0.5) is 8.78 Å². The number of rotatable bonds is 3. The van der Waals surface area contributed by atoms with Crippen molar-refractivity contribution in [3.63, 3.8) is 0 Å². The van der Waals surface area contributed by atoms with Gasteiger partial charge in [0.25, 0.3) is 0 Å². The average molecular weight is 283 g/mol. The van der Waals surface area contributed by atoms with Crippen molar-refractivity contribution in [2.45, 2.75) is 12.3 Å². The van der Waals surface area contributed by atoms with E-state index in [9.17, 15) is 8.78 Å². The van der Waals surface area contributed by atoms with E-state index in [4.69, 9.17) is 16.3 Å². The molecule has 0 saturated carbocycles. The Balaban J connectivity index is 2.45. The SMILES string of the molecule is COc1ccc(F)cc1C(Cl)c1ccc(C)c(F)c1. The Morgan fingerprint density at radius 3 is 2.47 bits per heavy atom. The minimum atomic E-state index is -0.666. The second-order valence-electron chi connectivity index (χ2n) is 4.26. The van der Waals surface area contributed by atoms with Crippen molar-refractivity contribution in [3.8, 4) is 5.75 Å². The Labute approximate surface area is 115 Å². The van der Waals surface area contributed by atoms with Gasteiger partial charge < -0.3 is 4.74 Å². The van der Waals surface area contributed by atoms with Gasteiger partial charge in [0.05, 0.1) is 12.5 Å². The second-order valence-corrected chi connectivity index (χ2v) is 4.69. The van der Waals surface area contributed by atoms with Crippen LogP contribution in [0.15, 0.2) is 36.4 Å². The molecule has 2 aromatic carbocycles. The number of hydrogen-bond acceptors (Lipinski definition) is 1. The lowest BCUT2D eigenvalue weighted by Gasteiger charge is -2.15. The van der Waals surface area contributed by atoms with Crippen LogP contribution < -0.4 is 4.74 Å². The van der Waals surface area contributed by atoms with Gasteiger partial charge in [-0.3, -0.25) is 0 Å². The van der Waals surface area contributed by atoms with Crippen molar-refractivity contribution in [2.75, 3.05) is 7.11 Å². The van der Waals surface area contributed by atoms with Crippen LogP contribution in [0.2, 0.25) is 0 Å². The summed E-state index contributed by atoms with van der Waals surface area (Å²) in [6.45, 7) is 1.67. The number of hydrogen-bond donors (Lipinski definition) is 0. The zero-order valence-corrected chi connectivity index (χ0v) is 11.3. The number of alkyl halides is 1. The highest BCUT2D eigenvalue weighted by Crippen LogP contribution is 2.35. The van der Waals surface area contributed by atoms with Gasteiger partial charge in [0.15, 0.2) is 0 Å². The first kappa shape index (κ1) is 13.8. The van der Waals surface area contributed by atoms with E-state index in [0.717, 1.165) is 0 Å². The average Bonchev–Trinajstić information content (AvgIpc) is 2.41. The van der Waals surface area contributed by atoms with E-state index in [1.807, 2.05) is 0 Å². The van der Waals surface area contributed by atoms with Crippen LogP contribution in [0, 0.1) is 18.6 Å². The fourth-order valence-electron chi connectivity index (χ4n) is 1.85. The van der Waals surface area contributed by atoms with Gasteiger partial charge >= 0.3 is 0 Å². The highest BCUT2D eigenvalue weighted by Gasteiger charge is 2.17. The predicted molar refractivity (Wildman–Crippen MR) is 71.8 cm³/mol. The third-order valence-electron chi connectivity index (χ3n) is 2.95. The number of methoxy groups -OCH3 is 1. The summed E-state index contributed by atoms with van der Waals surface area (Å²) in [5.74, 6) is -0.269. The van der Waals surface area contributed by atoms with Crippen LogP contribution >= 0.6 is 11.6 Å². The summed E-state index contributed by atoms with van der Waals surface area (Å²) in [4.78, 5) is 0. The minimum absolute atomic E-state index is 0.335. The molecule has 0 aromatic heterocycles. The van der Waals surface area contributed by atoms with Crippen molar-refractivity contribution in [3.05, 3.63) is 64.7 Å². The normalized spacial score (nSPS) is 12.3. The number of aryl methyl sites for hydroxylation is 1. The lowest BCUT2D eigenvalue weighted by Crippen LogP contribution is -1.99. The van der Waals surface area contributed by atoms with Crippen molar-refractivity contribution >= 4 is 11.6 Å². The smallest absolute Gasteiger partial charge is 0.126 e. The Hall–Kier alpha value is -1.61. The van der Waals surface area contributed by atoms with Gasteiger partial charge in [-0.15, -0.1) is 11.6 Å². The van der Waals surface area contributed by atoms with E-state index in [2.05, 4.69) is 0 Å². The maximum atomic E-state index is 13.6. The molecule has 0 bridgehead atoms. The summed E-state index contributed by atoms with van der Waals surface area (Å²) in [5, 5.41) is -0.666. The summed E-state index contributed by atoms with van der Waals surface area (Å²) in [7, 11) is 1.48. The van der Waals surface area contributed by atoms with Crippen LogP contribution in [0.3, 0.4) is 0 Å². The lowest BCUT2D eigenvalue weighted by molar-refractivity contribution is 0.409. The standard InChI is InChI=1S/C15H13ClF2O/c1-9-3-4-10(7-13(9)18)15(16)12-8-11(17)5-6-14(12)19-2/h3-8,15H,1-2H3. The highest BCUT2D eigenvalue weighted by atomic mass is 35.5. The molecule has 0 fully saturated rings. The molecular weight excluding hydrogens is 270 g/mol. The zero-order valence-electron chi connectivity index (χ0n) is 10.6. The molecule has 0 radical (unpaired) electrons. The summed E-state index contributed by atoms with van der Waals surface area (Å²) in [6, 6.07) is 8.82. The second kappa shape index (κ2) is 5.57. The number of halogens is 3. The van der Waals surface area contributed by atoms with E-state index < -0.39 is 11.2 Å². The molecule has 19 heavy (non-hydrogen) atoms. The Morgan fingerprint density at radius 2 is 1.84 bits per heavy atom. The first-order valence-corrected chi connectivity index (χ1v) is 6.20. The van der Waals surface area contributed by atoms with Gasteiger partial charge in [-0.05, 0) is 42.3 Å². The molecule has 0 aliphatic heterocycles. The Morgan fingerprint density at radius 1 is 1.11 bits per heavy atom. The van der Waals surface area contributed by atoms with Crippen molar-refractivity contribution in [1.29, 1.82) is 0 Å². The summed E-state index contributed by atoms with van der Waals surface area (Å²) >= 11 is 6.30. The molecule has 1 atom stereocenters. The van der Waals surface area contributed by atoms with Gasteiger partial charge in [0.1, 0.15) is 17.4 Å². The van der Waals surface area contributed by atoms with E-state index in [1.54, 1.807) is 19.1 Å². The molecule has 100 valence electrons. The molecule has 4 heteroatoms. The quantitative estimate of drug-likeness (QED) is 0.747. The van der Waals surface area contributed by atoms with E-state index in [0.29, 0.717) is 22.4 Å². The van der Waals surface area contributed by atoms with Crippen molar-refractivity contribution in [2.24, 2.45) is 0 Å². The monoisotopic (exact) mass is 282 g/mol. The molecule has 2 aromatic rings. The van der Waals surface area contributed by atoms with Crippen LogP contribution in [-0.2, 0) is 0 Å². The van der Waals surface area contributed by atoms with Crippen molar-refractivity contribution in [1.82, 2.24) is 0 Å². The van der Waals surface area contributed by atoms with Crippen LogP contribution in [0.5, 0.6) is 5.75 Å². The summed E-state index contributed by atoms with van der Waals surface area (Å²) in [5.41, 5.74) is 1.58. The van der Waals surface area contributed by atoms with E-state index in [1.165, 1.54) is 31.4 Å². The van der Waals surface area contributed by atoms with Crippen LogP contribution in [0.25, 0.3) is 0 Å². The molecular formula is C15H13ClF2O. The first-order valence-electron chi connectivity index (χ1n) is 5.76. The molecule has 0 saturated heterocycles. The van der Waals surface area contributed by atoms with Gasteiger partial charge in [0.2, 0.25) is 0 Å². The fraction of sp³-hybridized carbons (Fsp3) is 0.200. The Bertz CT molecular complexity index is 599. The summed E-state index contributed by atoms with van der Waals surface area (Å²) < 4.78 is 32.0. The number of ether oxygens (including phenoxy) is 1. The number of benzene rings is 2. The molecule has 0 amide bonds. The first-order chi connectivity index (χ1) is 9.02. The maximum Gasteiger partial charge on any atom is 0.126 e. The largest absolute Gasteiger partial charge is 0.496 e. The zero-order chi connectivity index (χ0) is 14.0. The molecule has 0 N–H and O–H groups in total. The topological polar surface area (TPSA) is 9.23 Å². The van der Waals surface area contributed by atoms with Gasteiger partial charge in [-0.2, -0.15) is 0 Å². The van der Waals surface area contributed by atoms with Gasteiger partial charge in [-0.1, -0.05) is 12.1 Å². The molecule has 0 aliphatic rings. The molecule has 1 nitrogen and oxygen atoms in total. The van der Waals surface area contributed by atoms with Gasteiger partial charge in [-0.25, -0.2) is 8.78 Å². The highest BCUT2D eigenvalue weighted by molar-refractivity contribution is 6.22. The van der Waals surface area contributed by atoms with E-state index >= 15 is 0 Å². The molecule has 1 unspecified atom stereocenters. The molecule has 0 aliphatic carbocycles. The van der Waals surface area contributed by atoms with E-state index in [-0.39, 0.29) is 5.82 Å². The van der Waals surface area contributed by atoms with Crippen LogP contribution in [-0.4, -0.2) is 7.11 Å². The molecule has 2 rings (SSSR count). The Kier molecular flexibility index (Phi) is 4.05. The third-order valence-corrected chi connectivity index (χ3v) is 3.44. The predicted octanol–water partition coefficient (Wildman–Crippen LogP) is 4.61. The minimum Gasteiger partial charge on any atom is -0.496 e. The fourth-order valence-corrected chi connectivity index (χ4v) is 2.16. The van der Waals surface area contributed by atoms with Crippen molar-refractivity contribution < 1.29 is 13.5 Å². The van der Waals surface area contributed by atoms with Crippen LogP contribution in [0.1, 0.15) is 22.1 Å². The third kappa shape index (κ3) is 2.87. The lowest BCUT2D eigenvalue weighted by atomic mass is 10.0. The van der Waals surface area contributed by atoms with Gasteiger partial charge in [0, 0.05) is 5.56 Å². The summed E-state index contributed by atoms with van der Waals surface area (Å²) in [6.07, 6.45) is 0. The molecule has 0 heterocycles. The molecule has 0 spiro atoms. The maximum absolute atomic E-state index is 13.6.